The molecule has 0 aliphatic rings. The predicted octanol–water partition coefficient (Wildman–Crippen LogP) is 6.03. The minimum Gasteiger partial charge on any atom is -0.480 e. The summed E-state index contributed by atoms with van der Waals surface area (Å²) < 4.78 is 0. The number of aliphatic carboxylic acids is 1. The second-order valence-electron chi connectivity index (χ2n) is 16.8. The van der Waals surface area contributed by atoms with E-state index in [0.29, 0.717) is 24.8 Å². The van der Waals surface area contributed by atoms with Crippen LogP contribution in [0.15, 0.2) is 84.9 Å². The van der Waals surface area contributed by atoms with Crippen molar-refractivity contribution in [2.45, 2.75) is 154 Å². The number of carbonyl (C=O) groups excluding carboxylic acids is 6. The van der Waals surface area contributed by atoms with Crippen LogP contribution in [0.5, 0.6) is 0 Å². The third kappa shape index (κ3) is 20.4. The molecule has 9 N–H and O–H groups in total. The highest BCUT2D eigenvalue weighted by Gasteiger charge is 2.30. The lowest BCUT2D eigenvalue weighted by Crippen LogP contribution is -2.55. The van der Waals surface area contributed by atoms with Gasteiger partial charge in [-0.2, -0.15) is 0 Å². The lowest BCUT2D eigenvalue weighted by molar-refractivity contribution is -0.142. The number of primary amides is 2. The van der Waals surface area contributed by atoms with E-state index in [1.54, 1.807) is 30.3 Å². The number of carboxylic acids is 1. The van der Waals surface area contributed by atoms with Gasteiger partial charge in [-0.05, 0) is 41.0 Å². The number of benzene rings is 3. The van der Waals surface area contributed by atoms with Gasteiger partial charge >= 0.3 is 5.97 Å². The Labute approximate surface area is 378 Å². The maximum Gasteiger partial charge on any atom is 0.326 e. The highest BCUT2D eigenvalue weighted by atomic mass is 16.4. The molecule has 0 radical (unpaired) electrons. The fourth-order valence-electron chi connectivity index (χ4n) is 7.47. The molecule has 3 aromatic carbocycles. The van der Waals surface area contributed by atoms with Gasteiger partial charge in [0.25, 0.3) is 0 Å². The summed E-state index contributed by atoms with van der Waals surface area (Å²) in [6, 6.07) is 22.4. The first kappa shape index (κ1) is 52.3. The minimum atomic E-state index is -1.26. The molecule has 3 aromatic rings. The quantitative estimate of drug-likeness (QED) is 0.0365. The molecule has 0 aliphatic carbocycles. The summed E-state index contributed by atoms with van der Waals surface area (Å²) in [6.45, 7) is 3.86. The van der Waals surface area contributed by atoms with Crippen molar-refractivity contribution in [3.8, 4) is 11.1 Å². The van der Waals surface area contributed by atoms with E-state index in [0.717, 1.165) is 87.3 Å². The molecule has 0 unspecified atom stereocenters. The van der Waals surface area contributed by atoms with Gasteiger partial charge in [0.2, 0.25) is 35.4 Å². The van der Waals surface area contributed by atoms with Crippen molar-refractivity contribution in [1.29, 1.82) is 0 Å². The van der Waals surface area contributed by atoms with E-state index < -0.39 is 66.1 Å². The van der Waals surface area contributed by atoms with E-state index in [-0.39, 0.29) is 31.1 Å². The zero-order valence-electron chi connectivity index (χ0n) is 37.7. The first-order valence-corrected chi connectivity index (χ1v) is 23.0. The molecule has 0 saturated carbocycles. The third-order valence-corrected chi connectivity index (χ3v) is 11.5. The molecule has 0 heterocycles. The smallest absolute Gasteiger partial charge is 0.326 e. The number of rotatable bonds is 32. The average molecular weight is 883 g/mol. The van der Waals surface area contributed by atoms with Crippen LogP contribution in [-0.4, -0.2) is 70.7 Å². The van der Waals surface area contributed by atoms with Gasteiger partial charge in [0, 0.05) is 25.7 Å². The Hall–Kier alpha value is -6.05. The van der Waals surface area contributed by atoms with Crippen LogP contribution in [0.25, 0.3) is 11.1 Å². The highest BCUT2D eigenvalue weighted by molar-refractivity contribution is 5.94. The van der Waals surface area contributed by atoms with Gasteiger partial charge in [0.15, 0.2) is 0 Å². The van der Waals surface area contributed by atoms with Crippen molar-refractivity contribution >= 4 is 41.4 Å². The van der Waals surface area contributed by atoms with Crippen LogP contribution in [0.3, 0.4) is 0 Å². The zero-order valence-corrected chi connectivity index (χ0v) is 37.7. The monoisotopic (exact) mass is 883 g/mol. The second-order valence-corrected chi connectivity index (χ2v) is 16.8. The maximum atomic E-state index is 13.4. The number of unbranched alkanes of at least 4 members (excludes halogenated alkanes) is 11. The third-order valence-electron chi connectivity index (χ3n) is 11.5. The van der Waals surface area contributed by atoms with Crippen molar-refractivity contribution in [2.24, 2.45) is 17.4 Å². The van der Waals surface area contributed by atoms with Crippen molar-refractivity contribution < 1.29 is 38.7 Å². The summed E-state index contributed by atoms with van der Waals surface area (Å²) in [6.07, 6.45) is 12.7. The molecule has 0 aromatic heterocycles. The number of carboxylic acid groups (broad SMARTS) is 1. The first-order chi connectivity index (χ1) is 30.8. The number of hydrogen-bond acceptors (Lipinski definition) is 7. The average Bonchev–Trinajstić information content (AvgIpc) is 3.27. The second kappa shape index (κ2) is 29.3. The number of nitrogens with two attached hydrogens (primary N) is 2. The van der Waals surface area contributed by atoms with Crippen LogP contribution < -0.4 is 32.7 Å². The fourth-order valence-corrected chi connectivity index (χ4v) is 7.47. The largest absolute Gasteiger partial charge is 0.480 e. The maximum absolute atomic E-state index is 13.4. The topological polar surface area (TPSA) is 240 Å². The van der Waals surface area contributed by atoms with Crippen LogP contribution in [0.4, 0.5) is 0 Å². The SMILES string of the molecule is CC[C@H](C)[C@H](NC(=O)CCCCCCCCCCCCCCC(=O)N[C@@H](CC(N)=O)C(=O)N[C@@H](Cc1ccccc1)C(=O)O)C(=O)N[C@@H](Cc1ccc(-c2ccccc2)cc1)C(N)=O. The standard InChI is InChI=1S/C50H70N6O8/c1-3-35(2)46(49(62)54-40(47(52)60)32-37-28-30-39(31-29-37)38-24-18-15-19-25-38)56-45(59)27-21-13-11-9-7-5-4-6-8-10-12-20-26-44(58)53-41(34-43(51)57)48(61)55-42(50(63)64)33-36-22-16-14-17-23-36/h14-19,22-25,28-31,35,40-42,46H,3-13,20-21,26-27,32-34H2,1-2H3,(H2,51,57)(H2,52,60)(H,53,58)(H,54,62)(H,55,61)(H,56,59)(H,63,64)/t35-,40-,41-,42-,46-/m0/s1. The van der Waals surface area contributed by atoms with E-state index in [4.69, 9.17) is 11.5 Å². The van der Waals surface area contributed by atoms with Crippen LogP contribution in [0, 0.1) is 5.92 Å². The van der Waals surface area contributed by atoms with Gasteiger partial charge in [-0.25, -0.2) is 4.79 Å². The van der Waals surface area contributed by atoms with E-state index in [1.165, 1.54) is 0 Å². The Bertz CT molecular complexity index is 1910. The van der Waals surface area contributed by atoms with Crippen LogP contribution >= 0.6 is 0 Å². The van der Waals surface area contributed by atoms with Gasteiger partial charge in [0.1, 0.15) is 24.2 Å². The number of hydrogen-bond donors (Lipinski definition) is 7. The summed E-state index contributed by atoms with van der Waals surface area (Å²) in [4.78, 5) is 87.6. The Kier molecular flexibility index (Phi) is 24.0. The van der Waals surface area contributed by atoms with E-state index in [9.17, 15) is 38.7 Å². The molecule has 0 saturated heterocycles. The summed E-state index contributed by atoms with van der Waals surface area (Å²) in [5.41, 5.74) is 14.7. The van der Waals surface area contributed by atoms with Gasteiger partial charge in [0.05, 0.1) is 6.42 Å². The molecular weight excluding hydrogens is 813 g/mol. The summed E-state index contributed by atoms with van der Waals surface area (Å²) >= 11 is 0. The number of nitrogens with one attached hydrogen (secondary N) is 4. The zero-order chi connectivity index (χ0) is 46.7. The summed E-state index contributed by atoms with van der Waals surface area (Å²) in [5, 5.41) is 20.3. The predicted molar refractivity (Wildman–Crippen MR) is 248 cm³/mol. The number of carbonyl (C=O) groups is 7. The lowest BCUT2D eigenvalue weighted by atomic mass is 9.96. The Morgan fingerprint density at radius 2 is 0.953 bits per heavy atom. The minimum absolute atomic E-state index is 0.0449. The molecule has 0 aliphatic heterocycles. The molecule has 0 bridgehead atoms. The molecule has 6 amide bonds. The Balaban J connectivity index is 1.24. The summed E-state index contributed by atoms with van der Waals surface area (Å²) in [7, 11) is 0. The van der Waals surface area contributed by atoms with Crippen molar-refractivity contribution in [1.82, 2.24) is 21.3 Å². The van der Waals surface area contributed by atoms with Crippen LogP contribution in [0.2, 0.25) is 0 Å². The first-order valence-electron chi connectivity index (χ1n) is 23.0. The van der Waals surface area contributed by atoms with Gasteiger partial charge in [-0.1, -0.05) is 169 Å². The van der Waals surface area contributed by atoms with Gasteiger partial charge in [-0.3, -0.25) is 28.8 Å². The molecule has 5 atom stereocenters. The van der Waals surface area contributed by atoms with E-state index in [1.807, 2.05) is 68.4 Å². The van der Waals surface area contributed by atoms with Crippen molar-refractivity contribution in [2.75, 3.05) is 0 Å². The molecule has 0 spiro atoms. The fraction of sp³-hybridized carbons (Fsp3) is 0.500. The summed E-state index contributed by atoms with van der Waals surface area (Å²) in [5.74, 6) is -4.58. The van der Waals surface area contributed by atoms with E-state index >= 15 is 0 Å². The normalized spacial score (nSPS) is 13.3. The van der Waals surface area contributed by atoms with Crippen molar-refractivity contribution in [3.63, 3.8) is 0 Å². The van der Waals surface area contributed by atoms with Crippen molar-refractivity contribution in [3.05, 3.63) is 96.1 Å². The van der Waals surface area contributed by atoms with Crippen LogP contribution in [-0.2, 0) is 46.4 Å². The van der Waals surface area contributed by atoms with E-state index in [2.05, 4.69) is 21.3 Å². The molecule has 348 valence electrons. The molecule has 0 fully saturated rings. The van der Waals surface area contributed by atoms with Gasteiger partial charge < -0.3 is 37.8 Å². The Morgan fingerprint density at radius 1 is 0.516 bits per heavy atom. The molecule has 14 nitrogen and oxygen atoms in total. The van der Waals surface area contributed by atoms with Gasteiger partial charge in [-0.15, -0.1) is 0 Å². The lowest BCUT2D eigenvalue weighted by Gasteiger charge is -2.26. The van der Waals surface area contributed by atoms with Crippen LogP contribution in [0.1, 0.15) is 128 Å². The molecular formula is C50H70N6O8. The number of amides is 6. The highest BCUT2D eigenvalue weighted by Crippen LogP contribution is 2.20. The molecule has 64 heavy (non-hydrogen) atoms. The molecule has 14 heteroatoms. The Morgan fingerprint density at radius 3 is 1.44 bits per heavy atom. The molecule has 3 rings (SSSR count).